The Bertz CT molecular complexity index is 384. The van der Waals surface area contributed by atoms with Crippen molar-refractivity contribution in [3.8, 4) is 0 Å². The lowest BCUT2D eigenvalue weighted by Gasteiger charge is -2.26. The quantitative estimate of drug-likeness (QED) is 0.827. The van der Waals surface area contributed by atoms with E-state index in [1.807, 2.05) is 32.0 Å². The summed E-state index contributed by atoms with van der Waals surface area (Å²) in [4.78, 5) is 0. The lowest BCUT2D eigenvalue weighted by Crippen LogP contribution is -2.34. The molecule has 1 aromatic rings. The molecule has 0 saturated carbocycles. The molecule has 4 heteroatoms. The van der Waals surface area contributed by atoms with Gasteiger partial charge < -0.3 is 9.47 Å². The predicted molar refractivity (Wildman–Crippen MR) is 69.7 cm³/mol. The van der Waals surface area contributed by atoms with Gasteiger partial charge in [-0.3, -0.25) is 0 Å². The average molecular weight is 275 g/mol. The Balaban J connectivity index is 2.03. The summed E-state index contributed by atoms with van der Waals surface area (Å²) in [6.45, 7) is 5.25. The summed E-state index contributed by atoms with van der Waals surface area (Å²) in [5, 5.41) is 1.29. The molecule has 0 N–H and O–H groups in total. The van der Waals surface area contributed by atoms with Crippen LogP contribution in [-0.2, 0) is 16.1 Å². The molecular weight excluding hydrogens is 259 g/mol. The molecule has 1 aliphatic heterocycles. The molecule has 1 aliphatic rings. The van der Waals surface area contributed by atoms with Crippen LogP contribution in [0, 0.1) is 0 Å². The highest BCUT2D eigenvalue weighted by Crippen LogP contribution is 2.31. The first-order valence-corrected chi connectivity index (χ1v) is 6.45. The largest absolute Gasteiger partial charge is 0.373 e. The average Bonchev–Trinajstić information content (AvgIpc) is 2.57. The van der Waals surface area contributed by atoms with Crippen LogP contribution in [-0.4, -0.2) is 18.3 Å². The fourth-order valence-electron chi connectivity index (χ4n) is 2.01. The van der Waals surface area contributed by atoms with E-state index < -0.39 is 0 Å². The lowest BCUT2D eigenvalue weighted by molar-refractivity contribution is -0.0693. The summed E-state index contributed by atoms with van der Waals surface area (Å²) in [5.41, 5.74) is 0.617. The Hall–Kier alpha value is -0.280. The highest BCUT2D eigenvalue weighted by Gasteiger charge is 2.36. The SMILES string of the molecule is CC1(C)OCCC1OCc1c(Cl)cccc1Cl. The van der Waals surface area contributed by atoms with E-state index in [9.17, 15) is 0 Å². The van der Waals surface area contributed by atoms with Crippen molar-refractivity contribution in [3.05, 3.63) is 33.8 Å². The predicted octanol–water partition coefficient (Wildman–Crippen LogP) is 4.08. The molecule has 0 aliphatic carbocycles. The highest BCUT2D eigenvalue weighted by molar-refractivity contribution is 6.35. The van der Waals surface area contributed by atoms with Gasteiger partial charge in [-0.1, -0.05) is 29.3 Å². The molecule has 94 valence electrons. The van der Waals surface area contributed by atoms with Crippen LogP contribution in [0.25, 0.3) is 0 Å². The third-order valence-corrected chi connectivity index (χ3v) is 3.83. The maximum absolute atomic E-state index is 6.09. The molecule has 1 heterocycles. The number of hydrogen-bond donors (Lipinski definition) is 0. The van der Waals surface area contributed by atoms with Gasteiger partial charge in [-0.15, -0.1) is 0 Å². The Labute approximate surface area is 112 Å². The number of ether oxygens (including phenoxy) is 2. The smallest absolute Gasteiger partial charge is 0.0888 e. The van der Waals surface area contributed by atoms with Gasteiger partial charge in [0.2, 0.25) is 0 Å². The van der Waals surface area contributed by atoms with E-state index in [1.165, 1.54) is 0 Å². The van der Waals surface area contributed by atoms with Crippen molar-refractivity contribution < 1.29 is 9.47 Å². The van der Waals surface area contributed by atoms with E-state index in [2.05, 4.69) is 0 Å². The topological polar surface area (TPSA) is 18.5 Å². The van der Waals surface area contributed by atoms with Crippen LogP contribution in [0.15, 0.2) is 18.2 Å². The Morgan fingerprint density at radius 3 is 2.53 bits per heavy atom. The molecule has 1 aromatic carbocycles. The number of rotatable bonds is 3. The molecule has 2 nitrogen and oxygen atoms in total. The summed E-state index contributed by atoms with van der Waals surface area (Å²) in [7, 11) is 0. The minimum absolute atomic E-state index is 0.0924. The van der Waals surface area contributed by atoms with E-state index in [4.69, 9.17) is 32.7 Å². The maximum atomic E-state index is 6.09. The fourth-order valence-corrected chi connectivity index (χ4v) is 2.51. The minimum Gasteiger partial charge on any atom is -0.373 e. The Kier molecular flexibility index (Phi) is 3.99. The second-order valence-corrected chi connectivity index (χ2v) is 5.55. The van der Waals surface area contributed by atoms with Crippen LogP contribution in [0.3, 0.4) is 0 Å². The fraction of sp³-hybridized carbons (Fsp3) is 0.538. The van der Waals surface area contributed by atoms with Crippen molar-refractivity contribution in [3.63, 3.8) is 0 Å². The van der Waals surface area contributed by atoms with E-state index in [1.54, 1.807) is 0 Å². The second kappa shape index (κ2) is 5.15. The monoisotopic (exact) mass is 274 g/mol. The van der Waals surface area contributed by atoms with Crippen LogP contribution in [0.4, 0.5) is 0 Å². The zero-order valence-corrected chi connectivity index (χ0v) is 11.5. The standard InChI is InChI=1S/C13H16Cl2O2/c1-13(2)12(6-7-17-13)16-8-9-10(14)4-3-5-11(9)15/h3-5,12H,6-8H2,1-2H3. The normalized spacial score (nSPS) is 22.9. The van der Waals surface area contributed by atoms with Gasteiger partial charge in [0.1, 0.15) is 0 Å². The van der Waals surface area contributed by atoms with Gasteiger partial charge in [0.05, 0.1) is 24.9 Å². The number of benzene rings is 1. The van der Waals surface area contributed by atoms with Crippen LogP contribution in [0.1, 0.15) is 25.8 Å². The van der Waals surface area contributed by atoms with E-state index >= 15 is 0 Å². The van der Waals surface area contributed by atoms with E-state index in [0.717, 1.165) is 18.6 Å². The molecule has 1 unspecified atom stereocenters. The van der Waals surface area contributed by atoms with Crippen molar-refractivity contribution in [2.24, 2.45) is 0 Å². The van der Waals surface area contributed by atoms with Crippen LogP contribution < -0.4 is 0 Å². The molecule has 0 aromatic heterocycles. The summed E-state index contributed by atoms with van der Waals surface area (Å²) < 4.78 is 11.5. The summed E-state index contributed by atoms with van der Waals surface area (Å²) in [5.74, 6) is 0. The van der Waals surface area contributed by atoms with E-state index in [0.29, 0.717) is 16.7 Å². The van der Waals surface area contributed by atoms with Gasteiger partial charge in [0, 0.05) is 15.6 Å². The first-order valence-electron chi connectivity index (χ1n) is 5.69. The number of hydrogen-bond acceptors (Lipinski definition) is 2. The van der Waals surface area contributed by atoms with E-state index in [-0.39, 0.29) is 11.7 Å². The van der Waals surface area contributed by atoms with Crippen LogP contribution in [0.2, 0.25) is 10.0 Å². The summed E-state index contributed by atoms with van der Waals surface area (Å²) in [6, 6.07) is 5.47. The van der Waals surface area contributed by atoms with Gasteiger partial charge >= 0.3 is 0 Å². The molecular formula is C13H16Cl2O2. The first kappa shape index (κ1) is 13.2. The van der Waals surface area contributed by atoms with Crippen molar-refractivity contribution in [2.45, 2.75) is 38.6 Å². The molecule has 17 heavy (non-hydrogen) atoms. The third kappa shape index (κ3) is 2.94. The second-order valence-electron chi connectivity index (χ2n) is 4.74. The van der Waals surface area contributed by atoms with Crippen molar-refractivity contribution in [2.75, 3.05) is 6.61 Å². The van der Waals surface area contributed by atoms with Crippen LogP contribution in [0.5, 0.6) is 0 Å². The lowest BCUT2D eigenvalue weighted by atomic mass is 10.0. The zero-order chi connectivity index (χ0) is 12.5. The van der Waals surface area contributed by atoms with Crippen molar-refractivity contribution in [1.29, 1.82) is 0 Å². The summed E-state index contributed by atoms with van der Waals surface area (Å²) >= 11 is 12.2. The van der Waals surface area contributed by atoms with Gasteiger partial charge in [-0.05, 0) is 32.4 Å². The molecule has 1 saturated heterocycles. The van der Waals surface area contributed by atoms with Gasteiger partial charge in [-0.25, -0.2) is 0 Å². The summed E-state index contributed by atoms with van der Waals surface area (Å²) in [6.07, 6.45) is 1.00. The van der Waals surface area contributed by atoms with Gasteiger partial charge in [-0.2, -0.15) is 0 Å². The van der Waals surface area contributed by atoms with Crippen molar-refractivity contribution >= 4 is 23.2 Å². The van der Waals surface area contributed by atoms with Crippen LogP contribution >= 0.6 is 23.2 Å². The highest BCUT2D eigenvalue weighted by atomic mass is 35.5. The molecule has 0 amide bonds. The molecule has 0 bridgehead atoms. The van der Waals surface area contributed by atoms with Gasteiger partial charge in [0.25, 0.3) is 0 Å². The number of halogens is 2. The maximum Gasteiger partial charge on any atom is 0.0888 e. The molecule has 1 fully saturated rings. The Morgan fingerprint density at radius 1 is 1.35 bits per heavy atom. The molecule has 0 radical (unpaired) electrons. The zero-order valence-electron chi connectivity index (χ0n) is 10.0. The molecule has 2 rings (SSSR count). The molecule has 1 atom stereocenters. The minimum atomic E-state index is -0.228. The van der Waals surface area contributed by atoms with Gasteiger partial charge in [0.15, 0.2) is 0 Å². The first-order chi connectivity index (χ1) is 8.00. The van der Waals surface area contributed by atoms with Crippen molar-refractivity contribution in [1.82, 2.24) is 0 Å². The molecule has 0 spiro atoms. The Morgan fingerprint density at radius 2 is 2.00 bits per heavy atom. The third-order valence-electron chi connectivity index (χ3n) is 3.12.